The Labute approximate surface area is 143 Å². The van der Waals surface area contributed by atoms with Gasteiger partial charge < -0.3 is 15.8 Å². The highest BCUT2D eigenvalue weighted by Gasteiger charge is 2.46. The Balaban J connectivity index is 2.09. The largest absolute Gasteiger partial charge is 0.449 e. The number of primary amides is 1. The molecule has 2 rings (SSSR count). The van der Waals surface area contributed by atoms with Gasteiger partial charge in [0.15, 0.2) is 5.60 Å². The molecule has 4 atom stereocenters. The second-order valence-electron chi connectivity index (χ2n) is 7.73. The Morgan fingerprint density at radius 1 is 1.12 bits per heavy atom. The normalized spacial score (nSPS) is 33.5. The molecule has 4 unspecified atom stereocenters. The van der Waals surface area contributed by atoms with Crippen molar-refractivity contribution in [3.63, 3.8) is 0 Å². The number of nitrogens with two attached hydrogens (primary N) is 1. The molecular weight excluding hydrogens is 308 g/mol. The lowest BCUT2D eigenvalue weighted by molar-refractivity contribution is -0.179. The van der Waals surface area contributed by atoms with E-state index in [1.165, 1.54) is 0 Å². The second-order valence-corrected chi connectivity index (χ2v) is 7.73. The molecule has 2 saturated carbocycles. The molecule has 0 spiro atoms. The number of carbonyl (C=O) groups excluding carboxylic acids is 3. The molecule has 6 nitrogen and oxygen atoms in total. The van der Waals surface area contributed by atoms with Crippen LogP contribution in [0.4, 0.5) is 0 Å². The van der Waals surface area contributed by atoms with Crippen LogP contribution in [0.25, 0.3) is 0 Å². The van der Waals surface area contributed by atoms with Crippen LogP contribution in [-0.2, 0) is 19.1 Å². The minimum Gasteiger partial charge on any atom is -0.449 e. The molecule has 0 aromatic carbocycles. The number of esters is 1. The predicted octanol–water partition coefficient (Wildman–Crippen LogP) is 1.91. The Kier molecular flexibility index (Phi) is 6.24. The summed E-state index contributed by atoms with van der Waals surface area (Å²) in [6.45, 7) is 3.98. The molecule has 2 aliphatic carbocycles. The first-order valence-electron chi connectivity index (χ1n) is 9.12. The molecule has 3 N–H and O–H groups in total. The van der Waals surface area contributed by atoms with Gasteiger partial charge in [0.2, 0.25) is 5.91 Å². The van der Waals surface area contributed by atoms with Crippen LogP contribution in [0.5, 0.6) is 0 Å². The number of ether oxygens (including phenoxy) is 1. The molecule has 0 aromatic heterocycles. The molecule has 2 fully saturated rings. The SMILES string of the molecule is CC1CCCC(C(=O)OC2(C(=O)NCC(N)=O)CCCC(C)C2)C1. The van der Waals surface area contributed by atoms with Crippen LogP contribution in [0.15, 0.2) is 0 Å². The van der Waals surface area contributed by atoms with Gasteiger partial charge in [-0.1, -0.05) is 33.1 Å². The van der Waals surface area contributed by atoms with Gasteiger partial charge in [0, 0.05) is 0 Å². The standard InChI is InChI=1S/C18H30N2O4/c1-12-5-3-7-14(9-12)16(22)24-18(8-4-6-13(2)10-18)17(23)20-11-15(19)21/h12-14H,3-11H2,1-2H3,(H2,19,21)(H,20,23). The Morgan fingerprint density at radius 2 is 1.83 bits per heavy atom. The molecule has 0 bridgehead atoms. The molecule has 0 aliphatic heterocycles. The topological polar surface area (TPSA) is 98.5 Å². The summed E-state index contributed by atoms with van der Waals surface area (Å²) in [5, 5.41) is 2.54. The van der Waals surface area contributed by atoms with Crippen molar-refractivity contribution in [3.8, 4) is 0 Å². The van der Waals surface area contributed by atoms with Crippen LogP contribution in [0, 0.1) is 17.8 Å². The van der Waals surface area contributed by atoms with Gasteiger partial charge in [-0.2, -0.15) is 0 Å². The van der Waals surface area contributed by atoms with Crippen LogP contribution in [0.3, 0.4) is 0 Å². The van der Waals surface area contributed by atoms with Crippen molar-refractivity contribution in [1.82, 2.24) is 5.32 Å². The zero-order valence-electron chi connectivity index (χ0n) is 14.8. The number of carbonyl (C=O) groups is 3. The van der Waals surface area contributed by atoms with Crippen LogP contribution < -0.4 is 11.1 Å². The minimum absolute atomic E-state index is 0.119. The van der Waals surface area contributed by atoms with E-state index in [1.807, 2.05) is 0 Å². The first kappa shape index (κ1) is 18.7. The third-order valence-electron chi connectivity index (χ3n) is 5.36. The summed E-state index contributed by atoms with van der Waals surface area (Å²) < 4.78 is 5.83. The van der Waals surface area contributed by atoms with Crippen molar-refractivity contribution in [2.24, 2.45) is 23.5 Å². The lowest BCUT2D eigenvalue weighted by Gasteiger charge is -2.39. The first-order valence-corrected chi connectivity index (χ1v) is 9.12. The average Bonchev–Trinajstić information content (AvgIpc) is 2.52. The summed E-state index contributed by atoms with van der Waals surface area (Å²) >= 11 is 0. The van der Waals surface area contributed by atoms with E-state index >= 15 is 0 Å². The maximum absolute atomic E-state index is 12.7. The van der Waals surface area contributed by atoms with Crippen molar-refractivity contribution >= 4 is 17.8 Å². The van der Waals surface area contributed by atoms with Crippen LogP contribution in [0.1, 0.15) is 65.2 Å². The predicted molar refractivity (Wildman–Crippen MR) is 89.8 cm³/mol. The Morgan fingerprint density at radius 3 is 2.46 bits per heavy atom. The van der Waals surface area contributed by atoms with E-state index in [9.17, 15) is 14.4 Å². The monoisotopic (exact) mass is 338 g/mol. The molecule has 2 amide bonds. The highest BCUT2D eigenvalue weighted by Crippen LogP contribution is 2.38. The molecule has 0 saturated heterocycles. The fourth-order valence-corrected chi connectivity index (χ4v) is 4.10. The summed E-state index contributed by atoms with van der Waals surface area (Å²) in [5.41, 5.74) is 3.96. The van der Waals surface area contributed by atoms with E-state index in [0.29, 0.717) is 24.7 Å². The molecule has 0 radical (unpaired) electrons. The number of rotatable bonds is 5. The zero-order valence-corrected chi connectivity index (χ0v) is 14.8. The van der Waals surface area contributed by atoms with E-state index in [2.05, 4.69) is 19.2 Å². The van der Waals surface area contributed by atoms with E-state index in [4.69, 9.17) is 10.5 Å². The summed E-state index contributed by atoms with van der Waals surface area (Å²) in [5.74, 6) is -0.547. The van der Waals surface area contributed by atoms with Gasteiger partial charge in [-0.05, 0) is 43.9 Å². The van der Waals surface area contributed by atoms with Crippen molar-refractivity contribution < 1.29 is 19.1 Å². The summed E-state index contributed by atoms with van der Waals surface area (Å²) in [6, 6.07) is 0. The highest BCUT2D eigenvalue weighted by atomic mass is 16.6. The number of amides is 2. The van der Waals surface area contributed by atoms with Crippen LogP contribution in [0.2, 0.25) is 0 Å². The molecule has 136 valence electrons. The summed E-state index contributed by atoms with van der Waals surface area (Å²) in [7, 11) is 0. The lowest BCUT2D eigenvalue weighted by atomic mass is 9.77. The van der Waals surface area contributed by atoms with Gasteiger partial charge in [0.25, 0.3) is 5.91 Å². The van der Waals surface area contributed by atoms with Gasteiger partial charge in [-0.3, -0.25) is 14.4 Å². The first-order chi connectivity index (χ1) is 11.3. The van der Waals surface area contributed by atoms with E-state index in [0.717, 1.165) is 38.5 Å². The molecule has 0 aromatic rings. The number of nitrogens with one attached hydrogen (secondary N) is 1. The van der Waals surface area contributed by atoms with Crippen molar-refractivity contribution in [2.45, 2.75) is 70.8 Å². The summed E-state index contributed by atoms with van der Waals surface area (Å²) in [6.07, 6.45) is 6.69. The van der Waals surface area contributed by atoms with Gasteiger partial charge in [-0.15, -0.1) is 0 Å². The lowest BCUT2D eigenvalue weighted by Crippen LogP contribution is -2.54. The third-order valence-corrected chi connectivity index (χ3v) is 5.36. The molecule has 24 heavy (non-hydrogen) atoms. The van der Waals surface area contributed by atoms with Gasteiger partial charge >= 0.3 is 5.97 Å². The van der Waals surface area contributed by atoms with E-state index < -0.39 is 11.5 Å². The molecule has 0 heterocycles. The van der Waals surface area contributed by atoms with Crippen molar-refractivity contribution in [3.05, 3.63) is 0 Å². The highest BCUT2D eigenvalue weighted by molar-refractivity contribution is 5.91. The smallest absolute Gasteiger partial charge is 0.310 e. The van der Waals surface area contributed by atoms with Crippen molar-refractivity contribution in [2.75, 3.05) is 6.54 Å². The quantitative estimate of drug-likeness (QED) is 0.748. The maximum Gasteiger partial charge on any atom is 0.310 e. The van der Waals surface area contributed by atoms with E-state index in [-0.39, 0.29) is 24.3 Å². The minimum atomic E-state index is -1.15. The average molecular weight is 338 g/mol. The van der Waals surface area contributed by atoms with Gasteiger partial charge in [-0.25, -0.2) is 0 Å². The molecular formula is C18H30N2O4. The second kappa shape index (κ2) is 7.99. The fourth-order valence-electron chi connectivity index (χ4n) is 4.10. The van der Waals surface area contributed by atoms with Crippen molar-refractivity contribution in [1.29, 1.82) is 0 Å². The Hall–Kier alpha value is -1.59. The van der Waals surface area contributed by atoms with Gasteiger partial charge in [0.1, 0.15) is 0 Å². The summed E-state index contributed by atoms with van der Waals surface area (Å²) in [4.78, 5) is 36.3. The zero-order chi connectivity index (χ0) is 17.7. The molecule has 2 aliphatic rings. The number of hydrogen-bond donors (Lipinski definition) is 2. The Bertz CT molecular complexity index is 493. The van der Waals surface area contributed by atoms with E-state index in [1.54, 1.807) is 0 Å². The van der Waals surface area contributed by atoms with Gasteiger partial charge in [0.05, 0.1) is 12.5 Å². The maximum atomic E-state index is 12.7. The number of hydrogen-bond acceptors (Lipinski definition) is 4. The molecule has 6 heteroatoms. The fraction of sp³-hybridized carbons (Fsp3) is 0.833. The van der Waals surface area contributed by atoms with Crippen LogP contribution in [-0.4, -0.2) is 29.9 Å². The third kappa shape index (κ3) is 4.71. The van der Waals surface area contributed by atoms with Crippen LogP contribution >= 0.6 is 0 Å².